The molecule has 4 heterocycles. The standard InChI is InChI=1S/2C14H20N4S.Bi/c2*1-12(13-8-4-5-9-15-13)16-17-14(19)18-10-6-2-3-7-11-18;/h2*4-5,8-9H,2-3,6-7,10-11H2,1H3,(H,17,19);/q;;+3. The number of likely N-dealkylation sites (tertiary alicyclic amines) is 2. The van der Waals surface area contributed by atoms with E-state index in [1.165, 1.54) is 51.4 Å². The van der Waals surface area contributed by atoms with Crippen LogP contribution in [-0.4, -0.2) is 93.8 Å². The van der Waals surface area contributed by atoms with E-state index in [4.69, 9.17) is 24.4 Å². The molecule has 2 aliphatic rings. The van der Waals surface area contributed by atoms with Crippen LogP contribution in [0.3, 0.4) is 0 Å². The Balaban J connectivity index is 0.000000267. The van der Waals surface area contributed by atoms with Gasteiger partial charge in [-0.1, -0.05) is 37.8 Å². The zero-order valence-electron chi connectivity index (χ0n) is 23.1. The van der Waals surface area contributed by atoms with Crippen LogP contribution in [0.1, 0.15) is 76.6 Å². The Bertz CT molecular complexity index is 964. The van der Waals surface area contributed by atoms with Crippen molar-refractivity contribution >= 4 is 72.3 Å². The van der Waals surface area contributed by atoms with Gasteiger partial charge in [-0.2, -0.15) is 10.2 Å². The molecule has 0 amide bonds. The molecule has 2 N–H and O–H groups in total. The first-order valence-electron chi connectivity index (χ1n) is 13.6. The van der Waals surface area contributed by atoms with Crippen LogP contribution in [0.5, 0.6) is 0 Å². The van der Waals surface area contributed by atoms with E-state index < -0.39 is 0 Å². The van der Waals surface area contributed by atoms with Crippen molar-refractivity contribution in [3.63, 3.8) is 0 Å². The number of hydrogen-bond acceptors (Lipinski definition) is 6. The third kappa shape index (κ3) is 12.3. The van der Waals surface area contributed by atoms with Gasteiger partial charge >= 0.3 is 26.2 Å². The average Bonchev–Trinajstić information content (AvgIpc) is 3.42. The van der Waals surface area contributed by atoms with E-state index in [0.717, 1.165) is 59.2 Å². The van der Waals surface area contributed by atoms with Crippen molar-refractivity contribution in [1.82, 2.24) is 30.6 Å². The molecule has 2 radical (unpaired) electrons. The van der Waals surface area contributed by atoms with Gasteiger partial charge in [0.1, 0.15) is 0 Å². The summed E-state index contributed by atoms with van der Waals surface area (Å²) in [6, 6.07) is 11.6. The van der Waals surface area contributed by atoms with Gasteiger partial charge in [0.05, 0.1) is 22.8 Å². The van der Waals surface area contributed by atoms with Crippen molar-refractivity contribution in [1.29, 1.82) is 0 Å². The predicted molar refractivity (Wildman–Crippen MR) is 170 cm³/mol. The Morgan fingerprint density at radius 3 is 1.31 bits per heavy atom. The first-order chi connectivity index (χ1) is 18.5. The Morgan fingerprint density at radius 2 is 1.00 bits per heavy atom. The van der Waals surface area contributed by atoms with E-state index in [1.807, 2.05) is 50.2 Å². The van der Waals surface area contributed by atoms with Gasteiger partial charge < -0.3 is 9.80 Å². The van der Waals surface area contributed by atoms with Gasteiger partial charge in [-0.15, -0.1) is 0 Å². The molecule has 8 nitrogen and oxygen atoms in total. The normalized spacial score (nSPS) is 16.5. The SMILES string of the molecule is CC(=NNC(=S)N1CCCCCC1)c1ccccn1.CC(=NNC(=S)N1CCCCCC1)c1ccccn1.[Bi+3]. The second-order valence-corrected chi connectivity index (χ2v) is 10.2. The first kappa shape index (κ1) is 33.1. The maximum absolute atomic E-state index is 5.39. The van der Waals surface area contributed by atoms with Crippen molar-refractivity contribution < 1.29 is 0 Å². The van der Waals surface area contributed by atoms with Crippen LogP contribution in [-0.2, 0) is 0 Å². The van der Waals surface area contributed by atoms with Crippen LogP contribution in [0.2, 0.25) is 0 Å². The molecular formula is C28H40BiN8S2+3. The van der Waals surface area contributed by atoms with Crippen molar-refractivity contribution in [2.45, 2.75) is 65.2 Å². The fraction of sp³-hybridized carbons (Fsp3) is 0.500. The van der Waals surface area contributed by atoms with Crippen LogP contribution in [0.4, 0.5) is 0 Å². The van der Waals surface area contributed by atoms with Gasteiger partial charge in [0, 0.05) is 38.6 Å². The molecule has 0 unspecified atom stereocenters. The summed E-state index contributed by atoms with van der Waals surface area (Å²) in [4.78, 5) is 12.9. The monoisotopic (exact) mass is 761 g/mol. The minimum absolute atomic E-state index is 0. The molecule has 0 bridgehead atoms. The first-order valence-corrected chi connectivity index (χ1v) is 14.4. The minimum atomic E-state index is 0. The van der Waals surface area contributed by atoms with Crippen LogP contribution in [0, 0.1) is 0 Å². The second kappa shape index (κ2) is 19.1. The summed E-state index contributed by atoms with van der Waals surface area (Å²) in [5.74, 6) is 0. The van der Waals surface area contributed by atoms with Crippen molar-refractivity contribution in [2.24, 2.45) is 10.2 Å². The third-order valence-electron chi connectivity index (χ3n) is 6.50. The van der Waals surface area contributed by atoms with Crippen LogP contribution in [0.25, 0.3) is 0 Å². The maximum atomic E-state index is 5.39. The molecule has 2 aromatic rings. The molecule has 0 aromatic carbocycles. The average molecular weight is 762 g/mol. The van der Waals surface area contributed by atoms with E-state index in [2.05, 4.69) is 40.8 Å². The van der Waals surface area contributed by atoms with Gasteiger partial charge in [-0.25, -0.2) is 0 Å². The molecule has 0 aliphatic carbocycles. The van der Waals surface area contributed by atoms with E-state index in [0.29, 0.717) is 0 Å². The Hall–Kier alpha value is -2.10. The van der Waals surface area contributed by atoms with E-state index in [1.54, 1.807) is 12.4 Å². The molecule has 2 aromatic heterocycles. The van der Waals surface area contributed by atoms with E-state index >= 15 is 0 Å². The van der Waals surface area contributed by atoms with Gasteiger partial charge in [0.2, 0.25) is 0 Å². The van der Waals surface area contributed by atoms with Crippen molar-refractivity contribution in [3.05, 3.63) is 60.2 Å². The van der Waals surface area contributed by atoms with E-state index in [9.17, 15) is 0 Å². The summed E-state index contributed by atoms with van der Waals surface area (Å²) >= 11 is 10.8. The summed E-state index contributed by atoms with van der Waals surface area (Å²) in [5.41, 5.74) is 9.40. The van der Waals surface area contributed by atoms with Gasteiger partial charge in [-0.05, 0) is 88.2 Å². The Kier molecular flexibility index (Phi) is 16.2. The van der Waals surface area contributed by atoms with Gasteiger partial charge in [0.25, 0.3) is 0 Å². The molecule has 2 aliphatic heterocycles. The van der Waals surface area contributed by atoms with E-state index in [-0.39, 0.29) is 26.2 Å². The third-order valence-corrected chi connectivity index (χ3v) is 7.20. The summed E-state index contributed by atoms with van der Waals surface area (Å²) in [6.45, 7) is 7.99. The molecule has 2 saturated heterocycles. The molecular weight excluding hydrogens is 721 g/mol. The van der Waals surface area contributed by atoms with Gasteiger partial charge in [-0.3, -0.25) is 20.8 Å². The largest absolute Gasteiger partial charge is 3.00 e. The molecule has 39 heavy (non-hydrogen) atoms. The smallest absolute Gasteiger partial charge is 0.348 e. The summed E-state index contributed by atoms with van der Waals surface area (Å²) in [6.07, 6.45) is 13.6. The number of nitrogens with zero attached hydrogens (tertiary/aromatic N) is 6. The minimum Gasteiger partial charge on any atom is -0.348 e. The van der Waals surface area contributed by atoms with Crippen molar-refractivity contribution in [3.8, 4) is 0 Å². The topological polar surface area (TPSA) is 81.0 Å². The molecule has 0 atom stereocenters. The molecule has 11 heteroatoms. The zero-order valence-corrected chi connectivity index (χ0v) is 28.2. The Labute approximate surface area is 263 Å². The number of hydrogen-bond donors (Lipinski definition) is 2. The van der Waals surface area contributed by atoms with Gasteiger partial charge in [0.15, 0.2) is 10.2 Å². The number of hydrazone groups is 2. The number of aromatic nitrogens is 2. The quantitative estimate of drug-likeness (QED) is 0.201. The molecule has 206 valence electrons. The number of nitrogens with one attached hydrogen (secondary N) is 2. The van der Waals surface area contributed by atoms with Crippen LogP contribution < -0.4 is 10.9 Å². The Morgan fingerprint density at radius 1 is 0.641 bits per heavy atom. The fourth-order valence-corrected chi connectivity index (χ4v) is 4.68. The number of thiocarbonyl (C=S) groups is 2. The summed E-state index contributed by atoms with van der Waals surface area (Å²) in [7, 11) is 0. The molecule has 0 spiro atoms. The summed E-state index contributed by atoms with van der Waals surface area (Å²) < 4.78 is 0. The van der Waals surface area contributed by atoms with Crippen molar-refractivity contribution in [2.75, 3.05) is 26.2 Å². The molecule has 4 rings (SSSR count). The maximum Gasteiger partial charge on any atom is 3.00 e. The predicted octanol–water partition coefficient (Wildman–Crippen LogP) is 4.73. The van der Waals surface area contributed by atoms with Crippen LogP contribution >= 0.6 is 24.4 Å². The zero-order chi connectivity index (χ0) is 27.0. The summed E-state index contributed by atoms with van der Waals surface area (Å²) in [5, 5.41) is 10.1. The molecule has 2 fully saturated rings. The number of pyridine rings is 2. The molecule has 0 saturated carbocycles. The number of rotatable bonds is 4. The second-order valence-electron chi connectivity index (χ2n) is 9.46. The van der Waals surface area contributed by atoms with Crippen LogP contribution in [0.15, 0.2) is 59.0 Å². The fourth-order valence-electron chi connectivity index (χ4n) is 4.22.